The number of alkyl halides is 3. The first-order chi connectivity index (χ1) is 16.6. The summed E-state index contributed by atoms with van der Waals surface area (Å²) >= 11 is 0. The minimum Gasteiger partial charge on any atom is -0.482 e. The van der Waals surface area contributed by atoms with Gasteiger partial charge in [-0.3, -0.25) is 5.10 Å². The third kappa shape index (κ3) is 6.45. The molecule has 1 fully saturated rings. The highest BCUT2D eigenvalue weighted by Gasteiger charge is 2.31. The summed E-state index contributed by atoms with van der Waals surface area (Å²) in [5, 5.41) is 7.80. The molecule has 35 heavy (non-hydrogen) atoms. The fourth-order valence-corrected chi connectivity index (χ4v) is 4.48. The Kier molecular flexibility index (Phi) is 8.64. The predicted molar refractivity (Wildman–Crippen MR) is 135 cm³/mol. The summed E-state index contributed by atoms with van der Waals surface area (Å²) in [6.07, 6.45) is -0.524. The summed E-state index contributed by atoms with van der Waals surface area (Å²) in [5.41, 5.74) is 3.20. The van der Waals surface area contributed by atoms with Crippen LogP contribution in [0.5, 0.6) is 0 Å². The molecule has 0 spiro atoms. The predicted octanol–water partition coefficient (Wildman–Crippen LogP) is 5.78. The Morgan fingerprint density at radius 1 is 1.29 bits per heavy atom. The molecule has 0 radical (unpaired) electrons. The minimum atomic E-state index is -4.48. The van der Waals surface area contributed by atoms with E-state index in [0.29, 0.717) is 23.3 Å². The zero-order valence-corrected chi connectivity index (χ0v) is 21.3. The first kappa shape index (κ1) is 26.8. The molecule has 0 saturated carbocycles. The van der Waals surface area contributed by atoms with Gasteiger partial charge in [-0.2, -0.15) is 18.3 Å². The van der Waals surface area contributed by atoms with Crippen molar-refractivity contribution in [2.24, 2.45) is 10.9 Å². The fourth-order valence-electron chi connectivity index (χ4n) is 4.48. The lowest BCUT2D eigenvalue weighted by atomic mass is 9.94. The number of ether oxygens (including phenoxy) is 1. The van der Waals surface area contributed by atoms with Gasteiger partial charge in [0.15, 0.2) is 6.61 Å². The number of aromatic amines is 1. The molecule has 1 aromatic carbocycles. The van der Waals surface area contributed by atoms with E-state index >= 15 is 0 Å². The number of piperidine rings is 1. The number of nitrogens with one attached hydrogen (secondary N) is 1. The highest BCUT2D eigenvalue weighted by molar-refractivity contribution is 5.96. The SMILES string of the molecule is C=C(/C(OCC(F)(F)F)=C(CC)/N=C(/C1CCN(C)CC1)N(C)CC)c1c(C)ccc2[nH]ncc12. The number of H-pyrrole nitrogens is 1. The maximum absolute atomic E-state index is 13.3. The first-order valence-electron chi connectivity index (χ1n) is 12.1. The van der Waals surface area contributed by atoms with E-state index in [1.807, 2.05) is 40.0 Å². The van der Waals surface area contributed by atoms with Gasteiger partial charge in [-0.25, -0.2) is 4.99 Å². The number of fused-ring (bicyclic) bond motifs is 1. The third-order valence-corrected chi connectivity index (χ3v) is 6.58. The lowest BCUT2D eigenvalue weighted by Gasteiger charge is -2.33. The van der Waals surface area contributed by atoms with E-state index in [-0.39, 0.29) is 11.7 Å². The lowest BCUT2D eigenvalue weighted by Crippen LogP contribution is -2.40. The Labute approximate surface area is 205 Å². The van der Waals surface area contributed by atoms with Gasteiger partial charge in [0.05, 0.1) is 17.4 Å². The largest absolute Gasteiger partial charge is 0.482 e. The van der Waals surface area contributed by atoms with Crippen LogP contribution in [0.2, 0.25) is 0 Å². The number of amidine groups is 1. The van der Waals surface area contributed by atoms with E-state index in [1.165, 1.54) is 0 Å². The average Bonchev–Trinajstić information content (AvgIpc) is 3.29. The summed E-state index contributed by atoms with van der Waals surface area (Å²) in [5.74, 6) is 1.20. The molecule has 1 aliphatic heterocycles. The van der Waals surface area contributed by atoms with Gasteiger partial charge in [0.1, 0.15) is 11.6 Å². The quantitative estimate of drug-likeness (QED) is 0.220. The molecular weight excluding hydrogens is 455 g/mol. The number of aliphatic imine (C=N–C) groups is 1. The van der Waals surface area contributed by atoms with Gasteiger partial charge in [0, 0.05) is 30.5 Å². The van der Waals surface area contributed by atoms with Crippen molar-refractivity contribution in [3.63, 3.8) is 0 Å². The van der Waals surface area contributed by atoms with Gasteiger partial charge in [-0.1, -0.05) is 19.6 Å². The van der Waals surface area contributed by atoms with Crippen molar-refractivity contribution in [2.45, 2.75) is 46.2 Å². The van der Waals surface area contributed by atoms with Crippen LogP contribution >= 0.6 is 0 Å². The molecule has 3 rings (SSSR count). The van der Waals surface area contributed by atoms with Crippen molar-refractivity contribution >= 4 is 22.3 Å². The molecule has 192 valence electrons. The smallest absolute Gasteiger partial charge is 0.422 e. The average molecular weight is 492 g/mol. The molecule has 1 aromatic heterocycles. The van der Waals surface area contributed by atoms with E-state index in [0.717, 1.165) is 54.8 Å². The van der Waals surface area contributed by atoms with Crippen molar-refractivity contribution in [1.29, 1.82) is 0 Å². The first-order valence-corrected chi connectivity index (χ1v) is 12.1. The molecule has 0 bridgehead atoms. The van der Waals surface area contributed by atoms with Crippen LogP contribution < -0.4 is 0 Å². The number of aromatic nitrogens is 2. The molecule has 6 nitrogen and oxygen atoms in total. The molecular formula is C26H36F3N5O. The lowest BCUT2D eigenvalue weighted by molar-refractivity contribution is -0.163. The number of rotatable bonds is 8. The summed E-state index contributed by atoms with van der Waals surface area (Å²) in [6.45, 7) is 11.3. The van der Waals surface area contributed by atoms with Crippen LogP contribution in [0, 0.1) is 12.8 Å². The number of benzene rings is 1. The highest BCUT2D eigenvalue weighted by Crippen LogP contribution is 2.35. The van der Waals surface area contributed by atoms with Crippen molar-refractivity contribution in [3.8, 4) is 0 Å². The van der Waals surface area contributed by atoms with Crippen LogP contribution in [0.1, 0.15) is 44.2 Å². The summed E-state index contributed by atoms with van der Waals surface area (Å²) < 4.78 is 45.3. The normalized spacial score (nSPS) is 17.0. The number of nitrogens with zero attached hydrogens (tertiary/aromatic N) is 4. The van der Waals surface area contributed by atoms with E-state index in [9.17, 15) is 13.2 Å². The molecule has 0 amide bonds. The molecule has 1 aliphatic rings. The van der Waals surface area contributed by atoms with Crippen molar-refractivity contribution in [3.05, 3.63) is 47.5 Å². The van der Waals surface area contributed by atoms with Crippen LogP contribution in [0.15, 0.2) is 41.4 Å². The maximum Gasteiger partial charge on any atom is 0.422 e. The molecule has 2 aromatic rings. The summed E-state index contributed by atoms with van der Waals surface area (Å²) in [6, 6.07) is 3.79. The Morgan fingerprint density at radius 3 is 2.57 bits per heavy atom. The van der Waals surface area contributed by atoms with Gasteiger partial charge in [-0.15, -0.1) is 0 Å². The maximum atomic E-state index is 13.3. The van der Waals surface area contributed by atoms with Crippen LogP contribution in [0.25, 0.3) is 16.5 Å². The van der Waals surface area contributed by atoms with Crippen molar-refractivity contribution < 1.29 is 17.9 Å². The van der Waals surface area contributed by atoms with Crippen molar-refractivity contribution in [2.75, 3.05) is 40.3 Å². The second kappa shape index (κ2) is 11.3. The molecule has 9 heteroatoms. The Hall–Kier alpha value is -2.81. The third-order valence-electron chi connectivity index (χ3n) is 6.58. The zero-order chi connectivity index (χ0) is 25.8. The Balaban J connectivity index is 2.15. The highest BCUT2D eigenvalue weighted by atomic mass is 19.4. The zero-order valence-electron chi connectivity index (χ0n) is 21.3. The van der Waals surface area contributed by atoms with Crippen LogP contribution in [-0.4, -0.2) is 72.3 Å². The van der Waals surface area contributed by atoms with E-state index in [1.54, 1.807) is 6.20 Å². The standard InChI is InChI=1S/C26H36F3N5O/c1-7-21(31-25(34(6)8-2)19-11-13-33(5)14-12-19)24(35-16-26(27,28)29)18(4)23-17(3)9-10-22-20(23)15-30-32-22/h9-10,15,19H,4,7-8,11-14,16H2,1-3,5-6H3,(H,30,32)/b24-21-,31-25-. The molecule has 0 unspecified atom stereocenters. The number of aryl methyl sites for hydroxylation is 1. The van der Waals surface area contributed by atoms with E-state index in [4.69, 9.17) is 9.73 Å². The van der Waals surface area contributed by atoms with E-state index < -0.39 is 12.8 Å². The van der Waals surface area contributed by atoms with Crippen LogP contribution in [0.3, 0.4) is 0 Å². The second-order valence-electron chi connectivity index (χ2n) is 9.16. The van der Waals surface area contributed by atoms with Crippen LogP contribution in [-0.2, 0) is 4.74 Å². The minimum absolute atomic E-state index is 0.0801. The molecule has 0 atom stereocenters. The molecule has 2 heterocycles. The second-order valence-corrected chi connectivity index (χ2v) is 9.16. The summed E-state index contributed by atoms with van der Waals surface area (Å²) in [4.78, 5) is 9.35. The van der Waals surface area contributed by atoms with Gasteiger partial charge in [0.25, 0.3) is 0 Å². The molecule has 1 N–H and O–H groups in total. The Bertz CT molecular complexity index is 1090. The monoisotopic (exact) mass is 491 g/mol. The number of hydrogen-bond acceptors (Lipinski definition) is 4. The van der Waals surface area contributed by atoms with Crippen molar-refractivity contribution in [1.82, 2.24) is 20.0 Å². The number of hydrogen-bond donors (Lipinski definition) is 1. The van der Waals surface area contributed by atoms with Crippen LogP contribution in [0.4, 0.5) is 13.2 Å². The fraction of sp³-hybridized carbons (Fsp3) is 0.538. The van der Waals surface area contributed by atoms with E-state index in [2.05, 4.69) is 33.6 Å². The van der Waals surface area contributed by atoms with Gasteiger partial charge in [0.2, 0.25) is 0 Å². The molecule has 0 aliphatic carbocycles. The van der Waals surface area contributed by atoms with Gasteiger partial charge < -0.3 is 14.5 Å². The van der Waals surface area contributed by atoms with Gasteiger partial charge >= 0.3 is 6.18 Å². The summed E-state index contributed by atoms with van der Waals surface area (Å²) in [7, 11) is 4.08. The topological polar surface area (TPSA) is 56.8 Å². The number of allylic oxidation sites excluding steroid dienone is 2. The van der Waals surface area contributed by atoms with Gasteiger partial charge in [-0.05, 0) is 70.4 Å². The molecule has 1 saturated heterocycles. The number of likely N-dealkylation sites (tertiary alicyclic amines) is 1. The number of halogens is 3. The Morgan fingerprint density at radius 2 is 1.97 bits per heavy atom.